The van der Waals surface area contributed by atoms with E-state index in [1.807, 2.05) is 20.8 Å². The molecule has 112 valence electrons. The highest BCUT2D eigenvalue weighted by Gasteiger charge is 2.33. The Morgan fingerprint density at radius 1 is 1.55 bits per heavy atom. The number of carbonyl (C=O) groups excluding carboxylic acids is 1. The third kappa shape index (κ3) is 4.32. The first-order valence-electron chi connectivity index (χ1n) is 6.55. The second-order valence-corrected chi connectivity index (χ2v) is 5.66. The van der Waals surface area contributed by atoms with Crippen LogP contribution in [0.4, 0.5) is 4.79 Å². The zero-order chi connectivity index (χ0) is 15.3. The highest BCUT2D eigenvalue weighted by atomic mass is 16.6. The topological polar surface area (TPSA) is 81.4 Å². The standard InChI is InChI=1S/C13H23N5O2/c1-10(16-9-14)18(15-5)11-6-7-17(8-11)12(19)20-13(2,3)4/h9,11,14H,5-8H2,1-4H3/b14-9?,16-10+/t11-/m1/s1. The fourth-order valence-electron chi connectivity index (χ4n) is 2.07. The number of rotatable bonds is 3. The molecule has 1 fully saturated rings. The van der Waals surface area contributed by atoms with Gasteiger partial charge in [-0.1, -0.05) is 0 Å². The molecule has 1 N–H and O–H groups in total. The maximum atomic E-state index is 12.0. The van der Waals surface area contributed by atoms with Crippen molar-refractivity contribution >= 4 is 25.0 Å². The van der Waals surface area contributed by atoms with E-state index in [-0.39, 0.29) is 12.1 Å². The largest absolute Gasteiger partial charge is 0.444 e. The quantitative estimate of drug-likeness (QED) is 0.487. The van der Waals surface area contributed by atoms with E-state index in [9.17, 15) is 4.79 Å². The molecular formula is C13H23N5O2. The highest BCUT2D eigenvalue weighted by Crippen LogP contribution is 2.19. The molecular weight excluding hydrogens is 258 g/mol. The molecule has 0 bridgehead atoms. The Balaban J connectivity index is 2.66. The van der Waals surface area contributed by atoms with Crippen molar-refractivity contribution in [2.75, 3.05) is 13.1 Å². The van der Waals surface area contributed by atoms with Crippen molar-refractivity contribution < 1.29 is 9.53 Å². The van der Waals surface area contributed by atoms with Gasteiger partial charge in [0.05, 0.1) is 6.04 Å². The van der Waals surface area contributed by atoms with Crippen molar-refractivity contribution in [2.24, 2.45) is 10.1 Å². The number of nitrogens with zero attached hydrogens (tertiary/aromatic N) is 4. The van der Waals surface area contributed by atoms with Crippen molar-refractivity contribution in [2.45, 2.75) is 45.8 Å². The SMILES string of the molecule is C=NN(/C(C)=N/C=N)[C@@H]1CCN(C(=O)OC(C)(C)C)C1. The van der Waals surface area contributed by atoms with E-state index >= 15 is 0 Å². The minimum Gasteiger partial charge on any atom is -0.444 e. The van der Waals surface area contributed by atoms with Gasteiger partial charge in [-0.2, -0.15) is 5.10 Å². The molecule has 7 heteroatoms. The van der Waals surface area contributed by atoms with Crippen molar-refractivity contribution in [1.82, 2.24) is 9.91 Å². The lowest BCUT2D eigenvalue weighted by atomic mass is 10.2. The van der Waals surface area contributed by atoms with E-state index in [0.717, 1.165) is 12.8 Å². The predicted molar refractivity (Wildman–Crippen MR) is 79.5 cm³/mol. The summed E-state index contributed by atoms with van der Waals surface area (Å²) < 4.78 is 5.35. The van der Waals surface area contributed by atoms with Crippen LogP contribution in [0, 0.1) is 5.41 Å². The molecule has 1 rings (SSSR count). The summed E-state index contributed by atoms with van der Waals surface area (Å²) in [6, 6.07) is 0.0173. The molecule has 1 aliphatic rings. The van der Waals surface area contributed by atoms with Gasteiger partial charge in [0.15, 0.2) is 0 Å². The van der Waals surface area contributed by atoms with Gasteiger partial charge in [-0.15, -0.1) is 0 Å². The normalized spacial score (nSPS) is 19.7. The van der Waals surface area contributed by atoms with Crippen LogP contribution in [0.5, 0.6) is 0 Å². The van der Waals surface area contributed by atoms with Crippen LogP contribution in [0.25, 0.3) is 0 Å². The van der Waals surface area contributed by atoms with Crippen molar-refractivity contribution in [1.29, 1.82) is 5.41 Å². The van der Waals surface area contributed by atoms with E-state index in [1.54, 1.807) is 16.8 Å². The van der Waals surface area contributed by atoms with Gasteiger partial charge in [-0.25, -0.2) is 14.8 Å². The number of amidine groups is 1. The fourth-order valence-corrected chi connectivity index (χ4v) is 2.07. The number of amides is 1. The van der Waals surface area contributed by atoms with Crippen LogP contribution in [-0.2, 0) is 4.74 Å². The van der Waals surface area contributed by atoms with Gasteiger partial charge in [-0.3, -0.25) is 5.41 Å². The first kappa shape index (κ1) is 16.1. The van der Waals surface area contributed by atoms with Crippen LogP contribution in [-0.4, -0.2) is 59.6 Å². The molecule has 1 heterocycles. The van der Waals surface area contributed by atoms with Crippen molar-refractivity contribution in [3.63, 3.8) is 0 Å². The van der Waals surface area contributed by atoms with Crippen LogP contribution in [0.3, 0.4) is 0 Å². The van der Waals surface area contributed by atoms with Gasteiger partial charge in [0.25, 0.3) is 0 Å². The molecule has 1 saturated heterocycles. The highest BCUT2D eigenvalue weighted by molar-refractivity contribution is 5.86. The molecule has 20 heavy (non-hydrogen) atoms. The first-order valence-corrected chi connectivity index (χ1v) is 6.55. The van der Waals surface area contributed by atoms with Crippen molar-refractivity contribution in [3.05, 3.63) is 0 Å². The molecule has 0 aliphatic carbocycles. The van der Waals surface area contributed by atoms with Gasteiger partial charge in [0, 0.05) is 19.8 Å². The molecule has 0 aromatic rings. The zero-order valence-electron chi connectivity index (χ0n) is 12.6. The molecule has 0 unspecified atom stereocenters. The Hall–Kier alpha value is -1.92. The molecule has 0 saturated carbocycles. The minimum absolute atomic E-state index is 0.0173. The van der Waals surface area contributed by atoms with Crippen LogP contribution in [0.2, 0.25) is 0 Å². The van der Waals surface area contributed by atoms with Crippen molar-refractivity contribution in [3.8, 4) is 0 Å². The summed E-state index contributed by atoms with van der Waals surface area (Å²) in [5.74, 6) is 0.589. The average Bonchev–Trinajstić information content (AvgIpc) is 2.77. The smallest absolute Gasteiger partial charge is 0.410 e. The van der Waals surface area contributed by atoms with E-state index in [1.165, 1.54) is 0 Å². The average molecular weight is 281 g/mol. The summed E-state index contributed by atoms with van der Waals surface area (Å²) in [6.07, 6.45) is 1.42. The second kappa shape index (κ2) is 6.49. The number of likely N-dealkylation sites (tertiary alicyclic amines) is 1. The van der Waals surface area contributed by atoms with Gasteiger partial charge in [-0.05, 0) is 34.1 Å². The monoisotopic (exact) mass is 281 g/mol. The number of ether oxygens (including phenoxy) is 1. The van der Waals surface area contributed by atoms with E-state index in [2.05, 4.69) is 16.8 Å². The zero-order valence-corrected chi connectivity index (χ0v) is 12.6. The Morgan fingerprint density at radius 2 is 2.20 bits per heavy atom. The summed E-state index contributed by atoms with van der Waals surface area (Å²) >= 11 is 0. The Bertz CT molecular complexity index is 413. The van der Waals surface area contributed by atoms with Gasteiger partial charge < -0.3 is 9.64 Å². The molecule has 0 radical (unpaired) electrons. The summed E-state index contributed by atoms with van der Waals surface area (Å²) in [5, 5.41) is 12.6. The molecule has 1 atom stereocenters. The molecule has 1 amide bonds. The molecule has 0 aromatic carbocycles. The number of hydrogen-bond donors (Lipinski definition) is 1. The third-order valence-corrected chi connectivity index (χ3v) is 2.90. The van der Waals surface area contributed by atoms with E-state index in [4.69, 9.17) is 10.1 Å². The van der Waals surface area contributed by atoms with Gasteiger partial charge in [0.1, 0.15) is 17.8 Å². The van der Waals surface area contributed by atoms with Gasteiger partial charge >= 0.3 is 6.09 Å². The Morgan fingerprint density at radius 3 is 2.70 bits per heavy atom. The fraction of sp³-hybridized carbons (Fsp3) is 0.692. The van der Waals surface area contributed by atoms with Gasteiger partial charge in [0.2, 0.25) is 0 Å². The summed E-state index contributed by atoms with van der Waals surface area (Å²) in [6.45, 7) is 11.9. The summed E-state index contributed by atoms with van der Waals surface area (Å²) in [7, 11) is 0. The molecule has 7 nitrogen and oxygen atoms in total. The second-order valence-electron chi connectivity index (χ2n) is 5.66. The lowest BCUT2D eigenvalue weighted by Crippen LogP contribution is -2.40. The van der Waals surface area contributed by atoms with E-state index < -0.39 is 5.60 Å². The van der Waals surface area contributed by atoms with E-state index in [0.29, 0.717) is 18.9 Å². The minimum atomic E-state index is -0.497. The Kier molecular flexibility index (Phi) is 5.24. The molecule has 1 aliphatic heterocycles. The van der Waals surface area contributed by atoms with Crippen LogP contribution in [0.15, 0.2) is 10.1 Å². The lowest BCUT2D eigenvalue weighted by Gasteiger charge is -2.26. The number of nitrogens with one attached hydrogen (secondary N) is 1. The van der Waals surface area contributed by atoms with Crippen LogP contribution in [0.1, 0.15) is 34.1 Å². The number of carbonyl (C=O) groups is 1. The van der Waals surface area contributed by atoms with Crippen LogP contribution >= 0.6 is 0 Å². The molecule has 0 aromatic heterocycles. The number of hydrazone groups is 1. The maximum absolute atomic E-state index is 12.0. The molecule has 0 spiro atoms. The number of hydrogen-bond acceptors (Lipinski definition) is 4. The lowest BCUT2D eigenvalue weighted by molar-refractivity contribution is 0.0286. The Labute approximate surface area is 119 Å². The maximum Gasteiger partial charge on any atom is 0.410 e. The first-order chi connectivity index (χ1) is 9.28. The summed E-state index contributed by atoms with van der Waals surface area (Å²) in [4.78, 5) is 17.5. The third-order valence-electron chi connectivity index (χ3n) is 2.90. The van der Waals surface area contributed by atoms with Crippen LogP contribution < -0.4 is 0 Å². The number of aliphatic imine (C=N–C) groups is 1. The summed E-state index contributed by atoms with van der Waals surface area (Å²) in [5.41, 5.74) is -0.497. The predicted octanol–water partition coefficient (Wildman–Crippen LogP) is 1.94.